The first-order chi connectivity index (χ1) is 6.91. The fraction of sp³-hybridized carbons (Fsp3) is 1.00. The largest absolute Gasteiger partial charge is 0.392 e. The molecule has 1 saturated carbocycles. The van der Waals surface area contributed by atoms with Crippen LogP contribution in [0.5, 0.6) is 0 Å². The van der Waals surface area contributed by atoms with Gasteiger partial charge in [-0.3, -0.25) is 0 Å². The Kier molecular flexibility index (Phi) is 4.60. The lowest BCUT2D eigenvalue weighted by atomic mass is 9.69. The zero-order valence-electron chi connectivity index (χ0n) is 10.7. The van der Waals surface area contributed by atoms with Crippen LogP contribution in [0.15, 0.2) is 0 Å². The molecule has 0 radical (unpaired) electrons. The molecule has 15 heavy (non-hydrogen) atoms. The second kappa shape index (κ2) is 5.31. The molecule has 2 unspecified atom stereocenters. The van der Waals surface area contributed by atoms with Crippen LogP contribution in [0.1, 0.15) is 53.4 Å². The molecule has 90 valence electrons. The number of hydrogen-bond donors (Lipinski definition) is 2. The highest BCUT2D eigenvalue weighted by Gasteiger charge is 2.33. The first kappa shape index (κ1) is 13.0. The summed E-state index contributed by atoms with van der Waals surface area (Å²) in [7, 11) is 0. The van der Waals surface area contributed by atoms with Gasteiger partial charge in [-0.1, -0.05) is 33.6 Å². The summed E-state index contributed by atoms with van der Waals surface area (Å²) in [4.78, 5) is 0. The van der Waals surface area contributed by atoms with Crippen molar-refractivity contribution in [2.75, 3.05) is 6.54 Å². The molecular formula is C13H27NO. The summed E-state index contributed by atoms with van der Waals surface area (Å²) >= 11 is 0. The molecule has 1 aliphatic carbocycles. The van der Waals surface area contributed by atoms with E-state index in [0.717, 1.165) is 12.5 Å². The molecule has 1 rings (SSSR count). The summed E-state index contributed by atoms with van der Waals surface area (Å²) in [6.07, 6.45) is 5.08. The lowest BCUT2D eigenvalue weighted by molar-refractivity contribution is 0.114. The van der Waals surface area contributed by atoms with E-state index in [9.17, 15) is 5.11 Å². The van der Waals surface area contributed by atoms with Gasteiger partial charge in [0.2, 0.25) is 0 Å². The van der Waals surface area contributed by atoms with Crippen LogP contribution in [0.4, 0.5) is 0 Å². The molecule has 0 saturated heterocycles. The van der Waals surface area contributed by atoms with Gasteiger partial charge in [0.15, 0.2) is 0 Å². The van der Waals surface area contributed by atoms with Gasteiger partial charge in [-0.2, -0.15) is 0 Å². The van der Waals surface area contributed by atoms with Crippen molar-refractivity contribution < 1.29 is 5.11 Å². The molecule has 2 heteroatoms. The molecule has 0 heterocycles. The van der Waals surface area contributed by atoms with Gasteiger partial charge in [0.25, 0.3) is 0 Å². The fourth-order valence-corrected chi connectivity index (χ4v) is 2.73. The molecule has 0 spiro atoms. The van der Waals surface area contributed by atoms with E-state index in [1.54, 1.807) is 0 Å². The van der Waals surface area contributed by atoms with Crippen molar-refractivity contribution in [3.8, 4) is 0 Å². The zero-order chi connectivity index (χ0) is 11.5. The zero-order valence-corrected chi connectivity index (χ0v) is 10.7. The smallest absolute Gasteiger partial charge is 0.0636 e. The Morgan fingerprint density at radius 2 is 1.87 bits per heavy atom. The van der Waals surface area contributed by atoms with Crippen LogP contribution < -0.4 is 5.32 Å². The highest BCUT2D eigenvalue weighted by atomic mass is 16.3. The van der Waals surface area contributed by atoms with E-state index >= 15 is 0 Å². The number of aliphatic hydroxyl groups is 1. The minimum absolute atomic E-state index is 0.229. The average molecular weight is 213 g/mol. The standard InChI is InChI=1S/C13H27NO/c1-10(15)9-14-12-8-6-5-7-11(12)13(2,3)4/h10-12,14-15H,5-9H2,1-4H3/t10-,11?,12?/m1/s1. The van der Waals surface area contributed by atoms with Gasteiger partial charge in [-0.05, 0) is 31.1 Å². The maximum Gasteiger partial charge on any atom is 0.0636 e. The number of rotatable bonds is 3. The Bertz CT molecular complexity index is 183. The summed E-state index contributed by atoms with van der Waals surface area (Å²) < 4.78 is 0. The normalized spacial score (nSPS) is 30.2. The maximum absolute atomic E-state index is 9.31. The number of nitrogens with one attached hydrogen (secondary N) is 1. The van der Waals surface area contributed by atoms with Crippen LogP contribution in [0.3, 0.4) is 0 Å². The van der Waals surface area contributed by atoms with Gasteiger partial charge in [-0.25, -0.2) is 0 Å². The predicted molar refractivity (Wildman–Crippen MR) is 64.9 cm³/mol. The summed E-state index contributed by atoms with van der Waals surface area (Å²) in [6, 6.07) is 0.605. The highest BCUT2D eigenvalue weighted by Crippen LogP contribution is 2.37. The second-order valence-corrected chi connectivity index (χ2v) is 6.12. The third kappa shape index (κ3) is 4.12. The molecule has 1 fully saturated rings. The Balaban J connectivity index is 2.50. The quantitative estimate of drug-likeness (QED) is 0.755. The molecule has 0 bridgehead atoms. The van der Waals surface area contributed by atoms with Crippen LogP contribution in [-0.2, 0) is 0 Å². The van der Waals surface area contributed by atoms with E-state index in [0.29, 0.717) is 11.5 Å². The minimum atomic E-state index is -0.229. The lowest BCUT2D eigenvalue weighted by Gasteiger charge is -2.41. The third-order valence-electron chi connectivity index (χ3n) is 3.55. The van der Waals surface area contributed by atoms with Gasteiger partial charge in [-0.15, -0.1) is 0 Å². The van der Waals surface area contributed by atoms with Crippen molar-refractivity contribution in [2.24, 2.45) is 11.3 Å². The molecule has 0 aromatic rings. The molecule has 0 amide bonds. The van der Waals surface area contributed by atoms with Gasteiger partial charge in [0, 0.05) is 12.6 Å². The molecule has 2 nitrogen and oxygen atoms in total. The molecule has 0 aromatic heterocycles. The van der Waals surface area contributed by atoms with Crippen molar-refractivity contribution in [1.82, 2.24) is 5.32 Å². The minimum Gasteiger partial charge on any atom is -0.392 e. The summed E-state index contributed by atoms with van der Waals surface area (Å²) in [5.41, 5.74) is 0.386. The number of aliphatic hydroxyl groups excluding tert-OH is 1. The van der Waals surface area contributed by atoms with Crippen molar-refractivity contribution >= 4 is 0 Å². The van der Waals surface area contributed by atoms with Crippen molar-refractivity contribution in [3.63, 3.8) is 0 Å². The molecule has 0 aliphatic heterocycles. The van der Waals surface area contributed by atoms with Gasteiger partial charge < -0.3 is 10.4 Å². The van der Waals surface area contributed by atoms with Crippen molar-refractivity contribution in [1.29, 1.82) is 0 Å². The van der Waals surface area contributed by atoms with Gasteiger partial charge in [0.05, 0.1) is 6.10 Å². The lowest BCUT2D eigenvalue weighted by Crippen LogP contribution is -2.46. The summed E-state index contributed by atoms with van der Waals surface area (Å²) in [5.74, 6) is 0.755. The van der Waals surface area contributed by atoms with Crippen LogP contribution in [-0.4, -0.2) is 23.8 Å². The average Bonchev–Trinajstić information content (AvgIpc) is 2.13. The van der Waals surface area contributed by atoms with Crippen molar-refractivity contribution in [2.45, 2.75) is 65.5 Å². The van der Waals surface area contributed by atoms with Crippen LogP contribution in [0, 0.1) is 11.3 Å². The molecule has 1 aliphatic rings. The van der Waals surface area contributed by atoms with Crippen molar-refractivity contribution in [3.05, 3.63) is 0 Å². The van der Waals surface area contributed by atoms with Crippen LogP contribution in [0.25, 0.3) is 0 Å². The Labute approximate surface area is 94.5 Å². The van der Waals surface area contributed by atoms with Gasteiger partial charge in [0.1, 0.15) is 0 Å². The summed E-state index contributed by atoms with van der Waals surface area (Å²) in [6.45, 7) is 9.58. The highest BCUT2D eigenvalue weighted by molar-refractivity contribution is 4.88. The maximum atomic E-state index is 9.31. The molecule has 0 aromatic carbocycles. The SMILES string of the molecule is C[C@@H](O)CNC1CCCCC1C(C)(C)C. The van der Waals surface area contributed by atoms with E-state index in [-0.39, 0.29) is 6.10 Å². The molecule has 3 atom stereocenters. The number of hydrogen-bond acceptors (Lipinski definition) is 2. The van der Waals surface area contributed by atoms with Crippen LogP contribution in [0.2, 0.25) is 0 Å². The topological polar surface area (TPSA) is 32.3 Å². The molecular weight excluding hydrogens is 186 g/mol. The van der Waals surface area contributed by atoms with E-state index in [1.807, 2.05) is 6.92 Å². The van der Waals surface area contributed by atoms with Gasteiger partial charge >= 0.3 is 0 Å². The Hall–Kier alpha value is -0.0800. The van der Waals surface area contributed by atoms with E-state index < -0.39 is 0 Å². The fourth-order valence-electron chi connectivity index (χ4n) is 2.73. The molecule has 2 N–H and O–H groups in total. The third-order valence-corrected chi connectivity index (χ3v) is 3.55. The van der Waals surface area contributed by atoms with Crippen LogP contribution >= 0.6 is 0 Å². The Morgan fingerprint density at radius 1 is 1.27 bits per heavy atom. The Morgan fingerprint density at radius 3 is 2.40 bits per heavy atom. The van der Waals surface area contributed by atoms with E-state index in [4.69, 9.17) is 0 Å². The first-order valence-corrected chi connectivity index (χ1v) is 6.32. The second-order valence-electron chi connectivity index (χ2n) is 6.12. The van der Waals surface area contributed by atoms with E-state index in [2.05, 4.69) is 26.1 Å². The first-order valence-electron chi connectivity index (χ1n) is 6.32. The van der Waals surface area contributed by atoms with E-state index in [1.165, 1.54) is 25.7 Å². The predicted octanol–water partition coefficient (Wildman–Crippen LogP) is 2.56. The monoisotopic (exact) mass is 213 g/mol. The summed E-state index contributed by atoms with van der Waals surface area (Å²) in [5, 5.41) is 12.8.